The summed E-state index contributed by atoms with van der Waals surface area (Å²) in [5.41, 5.74) is 0.534. The number of carbonyl (C=O) groups excluding carboxylic acids is 2. The second-order valence-electron chi connectivity index (χ2n) is 10.8. The van der Waals surface area contributed by atoms with Gasteiger partial charge in [0.15, 0.2) is 0 Å². The summed E-state index contributed by atoms with van der Waals surface area (Å²) < 4.78 is 7.63. The molecule has 4 heterocycles. The molecule has 1 saturated heterocycles. The minimum absolute atomic E-state index is 0.0256. The summed E-state index contributed by atoms with van der Waals surface area (Å²) >= 11 is 0. The van der Waals surface area contributed by atoms with E-state index in [1.54, 1.807) is 6.26 Å². The standard InChI is InChI=1S/C28H40N4O3/c1-28(27(34)29-22-11-5-3-2-4-6-12-22)21-31-23(25-13-9-20-35-25)14-15-24(31)26(33)32(28)19-10-18-30-16-7-8-17-30/h9,13-15,20,22H,2-8,10-12,16-19,21H2,1H3,(H,29,34)/t28-/m1/s1. The second-order valence-corrected chi connectivity index (χ2v) is 10.8. The van der Waals surface area contributed by atoms with E-state index in [-0.39, 0.29) is 17.9 Å². The number of carbonyl (C=O) groups is 2. The molecule has 0 bridgehead atoms. The average Bonchev–Trinajstić information content (AvgIpc) is 3.59. The van der Waals surface area contributed by atoms with Crippen LogP contribution >= 0.6 is 0 Å². The summed E-state index contributed by atoms with van der Waals surface area (Å²) in [4.78, 5) is 32.1. The molecular formula is C28H40N4O3. The van der Waals surface area contributed by atoms with Gasteiger partial charge in [-0.15, -0.1) is 0 Å². The summed E-state index contributed by atoms with van der Waals surface area (Å²) in [7, 11) is 0. The van der Waals surface area contributed by atoms with Crippen LogP contribution in [0.4, 0.5) is 0 Å². The largest absolute Gasteiger partial charge is 0.463 e. The summed E-state index contributed by atoms with van der Waals surface area (Å²) in [6.45, 7) is 6.23. The Morgan fingerprint density at radius 3 is 2.43 bits per heavy atom. The topological polar surface area (TPSA) is 70.7 Å². The number of hydrogen-bond acceptors (Lipinski definition) is 4. The van der Waals surface area contributed by atoms with E-state index in [9.17, 15) is 9.59 Å². The van der Waals surface area contributed by atoms with E-state index in [1.165, 1.54) is 32.1 Å². The van der Waals surface area contributed by atoms with Gasteiger partial charge in [0.05, 0.1) is 18.5 Å². The fraction of sp³-hybridized carbons (Fsp3) is 0.643. The summed E-state index contributed by atoms with van der Waals surface area (Å²) in [5.74, 6) is 0.627. The first-order valence-corrected chi connectivity index (χ1v) is 13.6. The van der Waals surface area contributed by atoms with Gasteiger partial charge in [0.1, 0.15) is 17.0 Å². The van der Waals surface area contributed by atoms with E-state index in [1.807, 2.05) is 40.7 Å². The van der Waals surface area contributed by atoms with Crippen LogP contribution in [0.2, 0.25) is 0 Å². The molecule has 7 nitrogen and oxygen atoms in total. The van der Waals surface area contributed by atoms with Gasteiger partial charge in [-0.2, -0.15) is 0 Å². The van der Waals surface area contributed by atoms with Crippen LogP contribution in [0.25, 0.3) is 11.5 Å². The van der Waals surface area contributed by atoms with Crippen LogP contribution in [0.1, 0.15) is 81.6 Å². The molecule has 2 amide bonds. The van der Waals surface area contributed by atoms with Crippen LogP contribution < -0.4 is 5.32 Å². The van der Waals surface area contributed by atoms with Crippen molar-refractivity contribution in [2.45, 2.75) is 89.3 Å². The van der Waals surface area contributed by atoms with E-state index >= 15 is 0 Å². The third-order valence-corrected chi connectivity index (χ3v) is 8.26. The molecule has 1 saturated carbocycles. The molecule has 0 spiro atoms. The molecule has 2 aliphatic heterocycles. The molecule has 2 aromatic heterocycles. The number of hydrogen-bond donors (Lipinski definition) is 1. The fourth-order valence-corrected chi connectivity index (χ4v) is 6.16. The number of nitrogens with one attached hydrogen (secondary N) is 1. The van der Waals surface area contributed by atoms with Gasteiger partial charge in [0, 0.05) is 12.6 Å². The zero-order chi connectivity index (χ0) is 24.3. The van der Waals surface area contributed by atoms with Crippen molar-refractivity contribution in [3.05, 3.63) is 36.2 Å². The molecule has 0 aromatic carbocycles. The zero-order valence-corrected chi connectivity index (χ0v) is 21.1. The lowest BCUT2D eigenvalue weighted by atomic mass is 9.92. The maximum absolute atomic E-state index is 13.9. The Hall–Kier alpha value is -2.54. The van der Waals surface area contributed by atoms with E-state index in [0.717, 1.165) is 57.4 Å². The Labute approximate surface area is 208 Å². The zero-order valence-electron chi connectivity index (χ0n) is 21.1. The van der Waals surface area contributed by atoms with Gasteiger partial charge in [0.25, 0.3) is 5.91 Å². The summed E-state index contributed by atoms with van der Waals surface area (Å²) in [6.07, 6.45) is 13.2. The first-order valence-electron chi connectivity index (χ1n) is 13.6. The lowest BCUT2D eigenvalue weighted by Gasteiger charge is -2.45. The molecule has 5 rings (SSSR count). The molecule has 190 valence electrons. The van der Waals surface area contributed by atoms with Crippen LogP contribution in [-0.4, -0.2) is 63.9 Å². The lowest BCUT2D eigenvalue weighted by molar-refractivity contribution is -0.133. The number of fused-ring (bicyclic) bond motifs is 1. The first kappa shape index (κ1) is 24.2. The van der Waals surface area contributed by atoms with Gasteiger partial charge in [-0.05, 0) is 82.9 Å². The molecule has 2 aromatic rings. The molecule has 1 N–H and O–H groups in total. The van der Waals surface area contributed by atoms with Crippen LogP contribution in [0, 0.1) is 0 Å². The quantitative estimate of drug-likeness (QED) is 0.625. The van der Waals surface area contributed by atoms with E-state index in [0.29, 0.717) is 24.5 Å². The number of nitrogens with zero attached hydrogens (tertiary/aromatic N) is 3. The molecule has 1 atom stereocenters. The minimum atomic E-state index is -0.947. The third kappa shape index (κ3) is 5.06. The third-order valence-electron chi connectivity index (χ3n) is 8.26. The van der Waals surface area contributed by atoms with Crippen molar-refractivity contribution in [1.29, 1.82) is 0 Å². The summed E-state index contributed by atoms with van der Waals surface area (Å²) in [6, 6.07) is 7.76. The average molecular weight is 481 g/mol. The summed E-state index contributed by atoms with van der Waals surface area (Å²) in [5, 5.41) is 3.38. The maximum Gasteiger partial charge on any atom is 0.271 e. The van der Waals surface area contributed by atoms with Crippen LogP contribution in [0.3, 0.4) is 0 Å². The van der Waals surface area contributed by atoms with Gasteiger partial charge >= 0.3 is 0 Å². The fourth-order valence-electron chi connectivity index (χ4n) is 6.16. The van der Waals surface area contributed by atoms with Crippen LogP contribution in [-0.2, 0) is 11.3 Å². The van der Waals surface area contributed by atoms with Crippen molar-refractivity contribution in [3.8, 4) is 11.5 Å². The van der Waals surface area contributed by atoms with Gasteiger partial charge in [0.2, 0.25) is 5.91 Å². The Morgan fingerprint density at radius 1 is 1.00 bits per heavy atom. The molecule has 35 heavy (non-hydrogen) atoms. The molecule has 7 heteroatoms. The van der Waals surface area contributed by atoms with Crippen molar-refractivity contribution in [1.82, 2.24) is 19.7 Å². The molecule has 0 radical (unpaired) electrons. The lowest BCUT2D eigenvalue weighted by Crippen LogP contribution is -2.65. The van der Waals surface area contributed by atoms with Gasteiger partial charge < -0.3 is 24.1 Å². The first-order chi connectivity index (χ1) is 17.1. The van der Waals surface area contributed by atoms with Gasteiger partial charge in [-0.25, -0.2) is 0 Å². The highest BCUT2D eigenvalue weighted by atomic mass is 16.3. The Bertz CT molecular complexity index is 1000. The normalized spacial score (nSPS) is 24.3. The monoisotopic (exact) mass is 480 g/mol. The Morgan fingerprint density at radius 2 is 1.71 bits per heavy atom. The number of furan rings is 1. The Kier molecular flexibility index (Phi) is 7.32. The second kappa shape index (κ2) is 10.6. The van der Waals surface area contributed by atoms with E-state index in [2.05, 4.69) is 10.2 Å². The van der Waals surface area contributed by atoms with Crippen molar-refractivity contribution >= 4 is 11.8 Å². The highest BCUT2D eigenvalue weighted by Gasteiger charge is 2.48. The van der Waals surface area contributed by atoms with Crippen molar-refractivity contribution < 1.29 is 14.0 Å². The predicted molar refractivity (Wildman–Crippen MR) is 136 cm³/mol. The highest BCUT2D eigenvalue weighted by Crippen LogP contribution is 2.34. The maximum atomic E-state index is 13.9. The minimum Gasteiger partial charge on any atom is -0.463 e. The van der Waals surface area contributed by atoms with Crippen molar-refractivity contribution in [3.63, 3.8) is 0 Å². The highest BCUT2D eigenvalue weighted by molar-refractivity contribution is 6.00. The SMILES string of the molecule is C[C@]1(C(=O)NC2CCCCCCC2)Cn2c(ccc2-c2ccco2)C(=O)N1CCCN1CCCC1. The van der Waals surface area contributed by atoms with E-state index in [4.69, 9.17) is 4.42 Å². The van der Waals surface area contributed by atoms with Crippen molar-refractivity contribution in [2.24, 2.45) is 0 Å². The Balaban J connectivity index is 1.39. The molecule has 0 unspecified atom stereocenters. The number of aromatic nitrogens is 1. The van der Waals surface area contributed by atoms with Gasteiger partial charge in [-0.1, -0.05) is 32.1 Å². The number of amides is 2. The smallest absolute Gasteiger partial charge is 0.271 e. The molecular weight excluding hydrogens is 440 g/mol. The predicted octanol–water partition coefficient (Wildman–Crippen LogP) is 4.68. The van der Waals surface area contributed by atoms with Gasteiger partial charge in [-0.3, -0.25) is 9.59 Å². The number of rotatable bonds is 7. The molecule has 2 fully saturated rings. The number of likely N-dealkylation sites (tertiary alicyclic amines) is 1. The molecule has 3 aliphatic rings. The van der Waals surface area contributed by atoms with Crippen LogP contribution in [0.15, 0.2) is 34.9 Å². The van der Waals surface area contributed by atoms with E-state index < -0.39 is 5.54 Å². The van der Waals surface area contributed by atoms with Crippen LogP contribution in [0.5, 0.6) is 0 Å². The molecule has 1 aliphatic carbocycles. The van der Waals surface area contributed by atoms with Crippen molar-refractivity contribution in [2.75, 3.05) is 26.2 Å².